The van der Waals surface area contributed by atoms with Gasteiger partial charge in [0, 0.05) is 18.6 Å². The summed E-state index contributed by atoms with van der Waals surface area (Å²) in [5.41, 5.74) is 1.20. The molecular formula is C16H26N2O2. The number of nitrogens with one attached hydrogen (secondary N) is 2. The van der Waals surface area contributed by atoms with Gasteiger partial charge in [0.15, 0.2) is 6.61 Å². The summed E-state index contributed by atoms with van der Waals surface area (Å²) in [5, 5.41) is 6.22. The molecule has 1 unspecified atom stereocenters. The van der Waals surface area contributed by atoms with Gasteiger partial charge in [0.1, 0.15) is 5.75 Å². The predicted molar refractivity (Wildman–Crippen MR) is 81.8 cm³/mol. The van der Waals surface area contributed by atoms with E-state index in [4.69, 9.17) is 4.74 Å². The van der Waals surface area contributed by atoms with Crippen molar-refractivity contribution in [1.82, 2.24) is 10.6 Å². The van der Waals surface area contributed by atoms with Crippen LogP contribution in [0.4, 0.5) is 0 Å². The lowest BCUT2D eigenvalue weighted by molar-refractivity contribution is -0.123. The van der Waals surface area contributed by atoms with Gasteiger partial charge >= 0.3 is 0 Å². The van der Waals surface area contributed by atoms with Gasteiger partial charge < -0.3 is 15.4 Å². The van der Waals surface area contributed by atoms with Crippen LogP contribution in [-0.4, -0.2) is 24.6 Å². The predicted octanol–water partition coefficient (Wildman–Crippen LogP) is 2.48. The molecule has 0 aromatic heterocycles. The number of ether oxygens (including phenoxy) is 1. The maximum absolute atomic E-state index is 11.6. The van der Waals surface area contributed by atoms with Gasteiger partial charge in [0.05, 0.1) is 0 Å². The Bertz CT molecular complexity index is 401. The van der Waals surface area contributed by atoms with Crippen molar-refractivity contribution >= 4 is 5.91 Å². The molecule has 0 spiro atoms. The van der Waals surface area contributed by atoms with Crippen LogP contribution in [0.15, 0.2) is 24.3 Å². The Balaban J connectivity index is 2.36. The molecule has 4 heteroatoms. The van der Waals surface area contributed by atoms with E-state index >= 15 is 0 Å². The molecule has 0 aliphatic carbocycles. The minimum atomic E-state index is -0.0788. The second-order valence-electron chi connectivity index (χ2n) is 5.35. The van der Waals surface area contributed by atoms with Crippen LogP contribution in [-0.2, 0) is 11.3 Å². The van der Waals surface area contributed by atoms with Gasteiger partial charge in [-0.05, 0) is 31.0 Å². The normalized spacial score (nSPS) is 12.2. The van der Waals surface area contributed by atoms with Crippen molar-refractivity contribution in [2.45, 2.75) is 52.7 Å². The molecule has 112 valence electrons. The van der Waals surface area contributed by atoms with Crippen LogP contribution in [0.25, 0.3) is 0 Å². The highest BCUT2D eigenvalue weighted by molar-refractivity contribution is 5.77. The molecule has 0 bridgehead atoms. The molecule has 1 aromatic carbocycles. The molecule has 0 fully saturated rings. The Morgan fingerprint density at radius 3 is 2.40 bits per heavy atom. The maximum Gasteiger partial charge on any atom is 0.258 e. The van der Waals surface area contributed by atoms with Crippen LogP contribution in [0.3, 0.4) is 0 Å². The van der Waals surface area contributed by atoms with Crippen LogP contribution in [0.1, 0.15) is 39.7 Å². The summed E-state index contributed by atoms with van der Waals surface area (Å²) in [6.45, 7) is 9.16. The van der Waals surface area contributed by atoms with Crippen LogP contribution < -0.4 is 15.4 Å². The Labute approximate surface area is 121 Å². The van der Waals surface area contributed by atoms with E-state index in [0.29, 0.717) is 6.04 Å². The summed E-state index contributed by atoms with van der Waals surface area (Å²) >= 11 is 0. The number of hydrogen-bond donors (Lipinski definition) is 2. The standard InChI is InChI=1S/C16H26N2O2/c1-5-13(4)18-16(19)11-20-15-8-6-14(7-9-15)10-17-12(2)3/h6-9,12-13,17H,5,10-11H2,1-4H3,(H,18,19). The van der Waals surface area contributed by atoms with Gasteiger partial charge in [-0.1, -0.05) is 32.9 Å². The zero-order chi connectivity index (χ0) is 15.0. The molecule has 0 radical (unpaired) electrons. The fourth-order valence-corrected chi connectivity index (χ4v) is 1.59. The second-order valence-corrected chi connectivity index (χ2v) is 5.35. The molecule has 1 atom stereocenters. The van der Waals surface area contributed by atoms with E-state index in [0.717, 1.165) is 18.7 Å². The quantitative estimate of drug-likeness (QED) is 0.768. The number of carbonyl (C=O) groups excluding carboxylic acids is 1. The van der Waals surface area contributed by atoms with Crippen molar-refractivity contribution in [3.63, 3.8) is 0 Å². The largest absolute Gasteiger partial charge is 0.484 e. The average molecular weight is 278 g/mol. The second kappa shape index (κ2) is 8.59. The van der Waals surface area contributed by atoms with Crippen LogP contribution in [0.2, 0.25) is 0 Å². The maximum atomic E-state index is 11.6. The first kappa shape index (κ1) is 16.5. The molecule has 4 nitrogen and oxygen atoms in total. The molecule has 0 saturated carbocycles. The summed E-state index contributed by atoms with van der Waals surface area (Å²) in [6, 6.07) is 8.47. The number of carbonyl (C=O) groups is 1. The first-order valence-corrected chi connectivity index (χ1v) is 7.25. The first-order chi connectivity index (χ1) is 9.51. The molecule has 0 aliphatic rings. The lowest BCUT2D eigenvalue weighted by Crippen LogP contribution is -2.35. The van der Waals surface area contributed by atoms with E-state index in [-0.39, 0.29) is 18.6 Å². The van der Waals surface area contributed by atoms with Crippen molar-refractivity contribution in [2.75, 3.05) is 6.61 Å². The molecule has 0 heterocycles. The third kappa shape index (κ3) is 6.57. The molecule has 0 aliphatic heterocycles. The van der Waals surface area contributed by atoms with Gasteiger partial charge in [-0.3, -0.25) is 4.79 Å². The molecule has 1 aromatic rings. The smallest absolute Gasteiger partial charge is 0.258 e. The van der Waals surface area contributed by atoms with Crippen LogP contribution in [0.5, 0.6) is 5.75 Å². The Morgan fingerprint density at radius 1 is 1.20 bits per heavy atom. The molecule has 2 N–H and O–H groups in total. The highest BCUT2D eigenvalue weighted by Gasteiger charge is 2.06. The van der Waals surface area contributed by atoms with Crippen molar-refractivity contribution in [2.24, 2.45) is 0 Å². The monoisotopic (exact) mass is 278 g/mol. The molecule has 1 amide bonds. The summed E-state index contributed by atoms with van der Waals surface area (Å²) in [6.07, 6.45) is 0.920. The molecule has 20 heavy (non-hydrogen) atoms. The number of rotatable bonds is 8. The van der Waals surface area contributed by atoms with Crippen molar-refractivity contribution in [1.29, 1.82) is 0 Å². The fourth-order valence-electron chi connectivity index (χ4n) is 1.59. The Kier molecular flexibility index (Phi) is 7.09. The van der Waals surface area contributed by atoms with E-state index in [1.54, 1.807) is 0 Å². The van der Waals surface area contributed by atoms with Gasteiger partial charge in [-0.2, -0.15) is 0 Å². The third-order valence-electron chi connectivity index (χ3n) is 3.03. The zero-order valence-corrected chi connectivity index (χ0v) is 12.9. The highest BCUT2D eigenvalue weighted by atomic mass is 16.5. The summed E-state index contributed by atoms with van der Waals surface area (Å²) in [4.78, 5) is 11.6. The highest BCUT2D eigenvalue weighted by Crippen LogP contribution is 2.12. The summed E-state index contributed by atoms with van der Waals surface area (Å²) < 4.78 is 5.46. The number of amides is 1. The minimum absolute atomic E-state index is 0.0634. The van der Waals surface area contributed by atoms with Crippen molar-refractivity contribution in [3.8, 4) is 5.75 Å². The Morgan fingerprint density at radius 2 is 1.85 bits per heavy atom. The molecular weight excluding hydrogens is 252 g/mol. The number of benzene rings is 1. The minimum Gasteiger partial charge on any atom is -0.484 e. The van der Waals surface area contributed by atoms with E-state index in [1.165, 1.54) is 5.56 Å². The van der Waals surface area contributed by atoms with Crippen molar-refractivity contribution in [3.05, 3.63) is 29.8 Å². The fraction of sp³-hybridized carbons (Fsp3) is 0.562. The average Bonchev–Trinajstić information content (AvgIpc) is 2.43. The zero-order valence-electron chi connectivity index (χ0n) is 12.9. The lowest BCUT2D eigenvalue weighted by atomic mass is 10.2. The Hall–Kier alpha value is -1.55. The van der Waals surface area contributed by atoms with Crippen LogP contribution in [0, 0.1) is 0 Å². The number of hydrogen-bond acceptors (Lipinski definition) is 3. The topological polar surface area (TPSA) is 50.4 Å². The first-order valence-electron chi connectivity index (χ1n) is 7.25. The van der Waals surface area contributed by atoms with E-state index in [9.17, 15) is 4.79 Å². The van der Waals surface area contributed by atoms with Gasteiger partial charge in [0.2, 0.25) is 0 Å². The van der Waals surface area contributed by atoms with E-state index in [2.05, 4.69) is 24.5 Å². The summed E-state index contributed by atoms with van der Waals surface area (Å²) in [5.74, 6) is 0.641. The SMILES string of the molecule is CCC(C)NC(=O)COc1ccc(CNC(C)C)cc1. The van der Waals surface area contributed by atoms with E-state index < -0.39 is 0 Å². The molecule has 1 rings (SSSR count). The molecule has 0 saturated heterocycles. The van der Waals surface area contributed by atoms with E-state index in [1.807, 2.05) is 38.1 Å². The van der Waals surface area contributed by atoms with Gasteiger partial charge in [-0.25, -0.2) is 0 Å². The van der Waals surface area contributed by atoms with Crippen LogP contribution >= 0.6 is 0 Å². The lowest BCUT2D eigenvalue weighted by Gasteiger charge is -2.12. The van der Waals surface area contributed by atoms with Crippen molar-refractivity contribution < 1.29 is 9.53 Å². The van der Waals surface area contributed by atoms with Gasteiger partial charge in [0.25, 0.3) is 5.91 Å². The summed E-state index contributed by atoms with van der Waals surface area (Å²) in [7, 11) is 0. The van der Waals surface area contributed by atoms with Gasteiger partial charge in [-0.15, -0.1) is 0 Å². The third-order valence-corrected chi connectivity index (χ3v) is 3.03.